The molecule has 0 fully saturated rings. The maximum absolute atomic E-state index is 9.78. The molecular weight excluding hydrogens is 530 g/mol. The highest BCUT2D eigenvalue weighted by molar-refractivity contribution is 7.99. The van der Waals surface area contributed by atoms with Crippen LogP contribution in [0.2, 0.25) is 5.02 Å². The van der Waals surface area contributed by atoms with E-state index in [4.69, 9.17) is 16.3 Å². The monoisotopic (exact) mass is 555 g/mol. The van der Waals surface area contributed by atoms with Crippen molar-refractivity contribution in [3.8, 4) is 17.2 Å². The molecule has 10 heteroatoms. The number of benzene rings is 2. The number of fused-ring (bicyclic) bond motifs is 1. The van der Waals surface area contributed by atoms with E-state index in [0.29, 0.717) is 22.9 Å². The highest BCUT2D eigenvalue weighted by atomic mass is 35.5. The van der Waals surface area contributed by atoms with Crippen molar-refractivity contribution < 1.29 is 4.74 Å². The molecule has 2 N–H and O–H groups in total. The zero-order valence-corrected chi connectivity index (χ0v) is 23.1. The zero-order valence-electron chi connectivity index (χ0n) is 21.5. The first-order chi connectivity index (χ1) is 19.1. The van der Waals surface area contributed by atoms with Crippen LogP contribution in [-0.4, -0.2) is 39.8 Å². The number of pyridine rings is 2. The Labute approximate surface area is 236 Å². The molecule has 0 aliphatic rings. The summed E-state index contributed by atoms with van der Waals surface area (Å²) >= 11 is 8.10. The molecule has 5 rings (SSSR count). The van der Waals surface area contributed by atoms with Gasteiger partial charge in [0.1, 0.15) is 11.9 Å². The lowest BCUT2D eigenvalue weighted by atomic mass is 10.0. The molecule has 0 unspecified atom stereocenters. The summed E-state index contributed by atoms with van der Waals surface area (Å²) in [6.07, 6.45) is 7.99. The first kappa shape index (κ1) is 26.5. The Balaban J connectivity index is 1.38. The molecule has 0 spiro atoms. The van der Waals surface area contributed by atoms with E-state index in [0.717, 1.165) is 56.6 Å². The van der Waals surface area contributed by atoms with E-state index >= 15 is 0 Å². The number of aryl methyl sites for hydroxylation is 1. The van der Waals surface area contributed by atoms with Gasteiger partial charge in [0, 0.05) is 73.6 Å². The van der Waals surface area contributed by atoms with Crippen LogP contribution in [0.3, 0.4) is 0 Å². The molecule has 0 bridgehead atoms. The van der Waals surface area contributed by atoms with Crippen LogP contribution in [0.1, 0.15) is 12.0 Å². The number of halogens is 1. The molecule has 3 aromatic heterocycles. The SMILES string of the molecule is COCCCNc1ccc(-c2ccc3c(Nc4ccc(Sc5nccn5C)c(Cl)c4)c(C#N)cnc3c2)cn1. The van der Waals surface area contributed by atoms with Crippen LogP contribution in [0.25, 0.3) is 22.0 Å². The van der Waals surface area contributed by atoms with Crippen molar-refractivity contribution >= 4 is 51.5 Å². The Bertz CT molecular complexity index is 1650. The number of imidazole rings is 1. The summed E-state index contributed by atoms with van der Waals surface area (Å²) in [5.74, 6) is 0.821. The summed E-state index contributed by atoms with van der Waals surface area (Å²) in [5, 5.41) is 18.8. The van der Waals surface area contributed by atoms with Crippen LogP contribution in [0.15, 0.2) is 83.4 Å². The van der Waals surface area contributed by atoms with Crippen LogP contribution in [0.4, 0.5) is 17.2 Å². The van der Waals surface area contributed by atoms with Crippen LogP contribution < -0.4 is 10.6 Å². The molecule has 8 nitrogen and oxygen atoms in total. The second kappa shape index (κ2) is 12.2. The Morgan fingerprint density at radius 3 is 2.64 bits per heavy atom. The largest absolute Gasteiger partial charge is 0.385 e. The molecule has 0 radical (unpaired) electrons. The second-order valence-electron chi connectivity index (χ2n) is 8.79. The van der Waals surface area contributed by atoms with Crippen molar-refractivity contribution in [3.05, 3.63) is 83.9 Å². The Morgan fingerprint density at radius 1 is 1.05 bits per heavy atom. The van der Waals surface area contributed by atoms with Gasteiger partial charge in [-0.2, -0.15) is 5.26 Å². The van der Waals surface area contributed by atoms with Gasteiger partial charge >= 0.3 is 0 Å². The average Bonchev–Trinajstić information content (AvgIpc) is 3.36. The lowest BCUT2D eigenvalue weighted by Crippen LogP contribution is -2.05. The van der Waals surface area contributed by atoms with Crippen LogP contribution in [0, 0.1) is 11.3 Å². The highest BCUT2D eigenvalue weighted by Gasteiger charge is 2.13. The van der Waals surface area contributed by atoms with Gasteiger partial charge in [-0.15, -0.1) is 0 Å². The van der Waals surface area contributed by atoms with E-state index in [-0.39, 0.29) is 0 Å². The lowest BCUT2D eigenvalue weighted by molar-refractivity contribution is 0.198. The molecule has 0 aliphatic heterocycles. The fourth-order valence-corrected chi connectivity index (χ4v) is 5.15. The van der Waals surface area contributed by atoms with E-state index in [9.17, 15) is 5.26 Å². The lowest BCUT2D eigenvalue weighted by Gasteiger charge is -2.14. The number of nitriles is 1. The van der Waals surface area contributed by atoms with E-state index < -0.39 is 0 Å². The molecule has 5 aromatic rings. The number of rotatable bonds is 10. The minimum atomic E-state index is 0.448. The second-order valence-corrected chi connectivity index (χ2v) is 10.2. The first-order valence-electron chi connectivity index (χ1n) is 12.3. The number of methoxy groups -OCH3 is 1. The van der Waals surface area contributed by atoms with Crippen LogP contribution >= 0.6 is 23.4 Å². The van der Waals surface area contributed by atoms with Gasteiger partial charge < -0.3 is 19.9 Å². The van der Waals surface area contributed by atoms with Gasteiger partial charge in [-0.05, 0) is 48.4 Å². The molecular formula is C29H26ClN7OS. The summed E-state index contributed by atoms with van der Waals surface area (Å²) in [5.41, 5.74) is 4.64. The number of hydrogen-bond donors (Lipinski definition) is 2. The predicted octanol–water partition coefficient (Wildman–Crippen LogP) is 6.90. The van der Waals surface area contributed by atoms with Crippen LogP contribution in [-0.2, 0) is 11.8 Å². The van der Waals surface area contributed by atoms with E-state index in [1.807, 2.05) is 72.5 Å². The van der Waals surface area contributed by atoms with Crippen molar-refractivity contribution in [2.75, 3.05) is 30.9 Å². The average molecular weight is 556 g/mol. The van der Waals surface area contributed by atoms with Crippen LogP contribution in [0.5, 0.6) is 0 Å². The van der Waals surface area contributed by atoms with Crippen molar-refractivity contribution in [2.45, 2.75) is 16.5 Å². The van der Waals surface area contributed by atoms with Crippen molar-refractivity contribution in [1.29, 1.82) is 5.26 Å². The summed E-state index contributed by atoms with van der Waals surface area (Å²) in [4.78, 5) is 14.3. The van der Waals surface area contributed by atoms with Crippen molar-refractivity contribution in [1.82, 2.24) is 19.5 Å². The molecule has 0 aliphatic carbocycles. The molecule has 0 atom stereocenters. The van der Waals surface area contributed by atoms with Gasteiger partial charge in [0.2, 0.25) is 0 Å². The summed E-state index contributed by atoms with van der Waals surface area (Å²) in [7, 11) is 3.64. The third kappa shape index (κ3) is 6.15. The summed E-state index contributed by atoms with van der Waals surface area (Å²) in [6.45, 7) is 1.51. The van der Waals surface area contributed by atoms with E-state index in [2.05, 4.69) is 31.7 Å². The Morgan fingerprint density at radius 2 is 1.92 bits per heavy atom. The Hall–Kier alpha value is -4.10. The third-order valence-corrected chi connectivity index (χ3v) is 7.67. The van der Waals surface area contributed by atoms with Gasteiger partial charge in [-0.1, -0.05) is 35.5 Å². The van der Waals surface area contributed by atoms with Gasteiger partial charge in [0.15, 0.2) is 5.16 Å². The molecule has 2 aromatic carbocycles. The van der Waals surface area contributed by atoms with Crippen molar-refractivity contribution in [3.63, 3.8) is 0 Å². The molecule has 0 saturated heterocycles. The standard InChI is InChI=1S/C29H26ClN7OS/c1-37-12-11-33-29(37)39-26-8-6-22(15-24(26)30)36-28-21(16-31)18-34-25-14-19(4-7-23(25)28)20-5-9-27(35-17-20)32-10-3-13-38-2/h4-9,11-12,14-15,17-18H,3,10,13H2,1-2H3,(H,32,35)(H,34,36). The topological polar surface area (TPSA) is 101 Å². The number of hydrogen-bond acceptors (Lipinski definition) is 8. The van der Waals surface area contributed by atoms with Gasteiger partial charge in [-0.25, -0.2) is 9.97 Å². The predicted molar refractivity (Wildman–Crippen MR) is 157 cm³/mol. The van der Waals surface area contributed by atoms with Crippen molar-refractivity contribution in [2.24, 2.45) is 7.05 Å². The number of nitrogens with zero attached hydrogens (tertiary/aromatic N) is 5. The molecule has 196 valence electrons. The molecule has 39 heavy (non-hydrogen) atoms. The van der Waals surface area contributed by atoms with Gasteiger partial charge in [-0.3, -0.25) is 4.98 Å². The third-order valence-electron chi connectivity index (χ3n) is 6.10. The quantitative estimate of drug-likeness (QED) is 0.179. The van der Waals surface area contributed by atoms with Gasteiger partial charge in [0.25, 0.3) is 0 Å². The normalized spacial score (nSPS) is 10.9. The number of aromatic nitrogens is 4. The highest BCUT2D eigenvalue weighted by Crippen LogP contribution is 2.36. The summed E-state index contributed by atoms with van der Waals surface area (Å²) < 4.78 is 7.02. The minimum Gasteiger partial charge on any atom is -0.385 e. The Kier molecular flexibility index (Phi) is 8.27. The molecule has 0 amide bonds. The molecule has 0 saturated carbocycles. The zero-order chi connectivity index (χ0) is 27.2. The maximum Gasteiger partial charge on any atom is 0.172 e. The minimum absolute atomic E-state index is 0.448. The smallest absolute Gasteiger partial charge is 0.172 e. The van der Waals surface area contributed by atoms with E-state index in [1.165, 1.54) is 11.8 Å². The number of anilines is 3. The number of ether oxygens (including phenoxy) is 1. The fraction of sp³-hybridized carbons (Fsp3) is 0.172. The van der Waals surface area contributed by atoms with E-state index in [1.54, 1.807) is 19.5 Å². The van der Waals surface area contributed by atoms with Gasteiger partial charge in [0.05, 0.1) is 21.8 Å². The fourth-order valence-electron chi connectivity index (χ4n) is 4.05. The first-order valence-corrected chi connectivity index (χ1v) is 13.5. The summed E-state index contributed by atoms with van der Waals surface area (Å²) in [6, 6.07) is 18.0. The number of nitrogens with one attached hydrogen (secondary N) is 2. The maximum atomic E-state index is 9.78. The molecule has 3 heterocycles.